The predicted octanol–water partition coefficient (Wildman–Crippen LogP) is 5.55. The Morgan fingerprint density at radius 1 is 1.22 bits per heavy atom. The minimum Gasteiger partial charge on any atom is -0.382 e. The Hall–Kier alpha value is -2.63. The molecule has 0 saturated carbocycles. The molecule has 1 fully saturated rings. The number of halogens is 4. The van der Waals surface area contributed by atoms with E-state index in [4.69, 9.17) is 16.3 Å². The number of hydrogen-bond donors (Lipinski definition) is 1. The van der Waals surface area contributed by atoms with Gasteiger partial charge in [0.05, 0.1) is 22.0 Å². The van der Waals surface area contributed by atoms with E-state index in [9.17, 15) is 22.8 Å². The highest BCUT2D eigenvalue weighted by Crippen LogP contribution is 2.41. The number of para-hydroxylation sites is 1. The summed E-state index contributed by atoms with van der Waals surface area (Å²) in [5, 5.41) is 3.67. The maximum atomic E-state index is 14.1. The van der Waals surface area contributed by atoms with Gasteiger partial charge in [0.1, 0.15) is 18.6 Å². The van der Waals surface area contributed by atoms with Crippen LogP contribution in [0.5, 0.6) is 0 Å². The van der Waals surface area contributed by atoms with Crippen LogP contribution in [-0.4, -0.2) is 50.8 Å². The van der Waals surface area contributed by atoms with Gasteiger partial charge < -0.3 is 10.1 Å². The molecule has 0 aliphatic carbocycles. The van der Waals surface area contributed by atoms with Crippen LogP contribution < -0.4 is 15.1 Å². The molecule has 4 rings (SSSR count). The largest absolute Gasteiger partial charge is 0.416 e. The molecule has 0 bridgehead atoms. The number of ether oxygens (including phenoxy) is 1. The number of nitrogens with zero attached hydrogens (tertiary/aromatic N) is 3. The van der Waals surface area contributed by atoms with Gasteiger partial charge in [-0.15, -0.1) is 0 Å². The summed E-state index contributed by atoms with van der Waals surface area (Å²) >= 11 is 6.45. The summed E-state index contributed by atoms with van der Waals surface area (Å²) in [6.45, 7) is 8.67. The quantitative estimate of drug-likeness (QED) is 0.374. The zero-order valence-electron chi connectivity index (χ0n) is 21.2. The first kappa shape index (κ1) is 27.4. The third-order valence-corrected chi connectivity index (χ3v) is 8.52. The second-order valence-corrected chi connectivity index (χ2v) is 16.7. The average molecular weight is 555 g/mol. The molecule has 3 heterocycles. The van der Waals surface area contributed by atoms with Gasteiger partial charge in [-0.3, -0.25) is 19.4 Å². The lowest BCUT2D eigenvalue weighted by Gasteiger charge is -2.36. The number of anilines is 3. The molecule has 37 heavy (non-hydrogen) atoms. The van der Waals surface area contributed by atoms with E-state index >= 15 is 0 Å². The van der Waals surface area contributed by atoms with E-state index in [2.05, 4.69) is 29.9 Å². The van der Waals surface area contributed by atoms with Crippen LogP contribution >= 0.6 is 11.6 Å². The Kier molecular flexibility index (Phi) is 7.60. The van der Waals surface area contributed by atoms with Crippen LogP contribution in [0.15, 0.2) is 30.3 Å². The first-order chi connectivity index (χ1) is 17.3. The molecule has 2 aliphatic rings. The molecule has 2 aromatic rings. The van der Waals surface area contributed by atoms with Crippen LogP contribution in [0.1, 0.15) is 17.7 Å². The van der Waals surface area contributed by atoms with Crippen molar-refractivity contribution in [3.05, 3.63) is 46.6 Å². The SMILES string of the molecule is Cc1cc(C(F)(F)F)cc(N2C(=O)C[C@@H]3CNc4c(Cl)cccc4N(COCC[Si](C)(C)C)C(=O)[C@H]32)n1. The van der Waals surface area contributed by atoms with Crippen molar-refractivity contribution in [2.24, 2.45) is 5.92 Å². The third-order valence-electron chi connectivity index (χ3n) is 6.50. The van der Waals surface area contributed by atoms with Crippen LogP contribution in [0, 0.1) is 12.8 Å². The molecule has 1 N–H and O–H groups in total. The Balaban J connectivity index is 1.73. The van der Waals surface area contributed by atoms with Crippen molar-refractivity contribution in [1.82, 2.24) is 4.98 Å². The standard InChI is InChI=1S/C25H30ClF3N4O3Si/c1-15-10-17(25(27,28)29)12-20(31-15)33-21(34)11-16-13-30-22-18(26)6-5-7-19(22)32(24(35)23(16)33)14-36-8-9-37(2,3)4/h5-7,10,12,16,23,30H,8-9,11,13-14H2,1-4H3/t16-,23+/m1/s1. The number of aromatic nitrogens is 1. The Labute approximate surface area is 219 Å². The van der Waals surface area contributed by atoms with Crippen molar-refractivity contribution >= 4 is 48.7 Å². The number of hydrogen-bond acceptors (Lipinski definition) is 5. The van der Waals surface area contributed by atoms with Gasteiger partial charge in [-0.1, -0.05) is 37.3 Å². The van der Waals surface area contributed by atoms with Crippen molar-refractivity contribution in [3.8, 4) is 0 Å². The molecule has 2 atom stereocenters. The lowest BCUT2D eigenvalue weighted by Crippen LogP contribution is -2.52. The van der Waals surface area contributed by atoms with Gasteiger partial charge in [0, 0.05) is 39.3 Å². The number of amides is 2. The molecule has 200 valence electrons. The Bertz CT molecular complexity index is 1200. The highest BCUT2D eigenvalue weighted by Gasteiger charge is 2.49. The van der Waals surface area contributed by atoms with E-state index in [-0.39, 0.29) is 31.2 Å². The molecule has 0 radical (unpaired) electrons. The van der Waals surface area contributed by atoms with Gasteiger partial charge >= 0.3 is 6.18 Å². The third kappa shape index (κ3) is 5.94. The van der Waals surface area contributed by atoms with Gasteiger partial charge in [-0.2, -0.15) is 13.2 Å². The Morgan fingerprint density at radius 2 is 1.95 bits per heavy atom. The molecule has 7 nitrogen and oxygen atoms in total. The van der Waals surface area contributed by atoms with Crippen molar-refractivity contribution in [2.45, 2.75) is 51.2 Å². The highest BCUT2D eigenvalue weighted by atomic mass is 35.5. The minimum atomic E-state index is -4.62. The maximum Gasteiger partial charge on any atom is 0.416 e. The zero-order chi connectivity index (χ0) is 27.1. The van der Waals surface area contributed by atoms with Crippen LogP contribution in [0.2, 0.25) is 30.7 Å². The molecule has 1 saturated heterocycles. The number of aryl methyl sites for hydroxylation is 1. The molecule has 1 aromatic heterocycles. The van der Waals surface area contributed by atoms with Crippen LogP contribution in [0.25, 0.3) is 0 Å². The van der Waals surface area contributed by atoms with E-state index in [0.29, 0.717) is 23.0 Å². The van der Waals surface area contributed by atoms with Crippen LogP contribution in [-0.2, 0) is 20.5 Å². The van der Waals surface area contributed by atoms with E-state index in [1.165, 1.54) is 11.8 Å². The second kappa shape index (κ2) is 10.3. The van der Waals surface area contributed by atoms with Gasteiger partial charge in [-0.05, 0) is 37.2 Å². The number of benzene rings is 1. The number of carbonyl (C=O) groups excluding carboxylic acids is 2. The highest BCUT2D eigenvalue weighted by molar-refractivity contribution is 6.76. The maximum absolute atomic E-state index is 14.1. The topological polar surface area (TPSA) is 74.8 Å². The summed E-state index contributed by atoms with van der Waals surface area (Å²) in [5.74, 6) is -1.62. The first-order valence-electron chi connectivity index (χ1n) is 12.1. The molecule has 12 heteroatoms. The fourth-order valence-electron chi connectivity index (χ4n) is 4.60. The smallest absolute Gasteiger partial charge is 0.382 e. The van der Waals surface area contributed by atoms with E-state index < -0.39 is 43.6 Å². The van der Waals surface area contributed by atoms with Gasteiger partial charge in [0.25, 0.3) is 5.91 Å². The van der Waals surface area contributed by atoms with E-state index in [0.717, 1.165) is 23.1 Å². The summed E-state index contributed by atoms with van der Waals surface area (Å²) in [4.78, 5) is 34.0. The number of rotatable bonds is 6. The number of alkyl halides is 3. The summed E-state index contributed by atoms with van der Waals surface area (Å²) in [7, 11) is -1.39. The summed E-state index contributed by atoms with van der Waals surface area (Å²) < 4.78 is 46.5. The van der Waals surface area contributed by atoms with Crippen LogP contribution in [0.3, 0.4) is 0 Å². The number of fused-ring (bicyclic) bond motifs is 2. The zero-order valence-corrected chi connectivity index (χ0v) is 22.9. The molecule has 1 aromatic carbocycles. The van der Waals surface area contributed by atoms with Gasteiger partial charge in [0.2, 0.25) is 5.91 Å². The summed E-state index contributed by atoms with van der Waals surface area (Å²) in [5.41, 5.74) is 0.202. The predicted molar refractivity (Wildman–Crippen MR) is 140 cm³/mol. The number of carbonyl (C=O) groups is 2. The van der Waals surface area contributed by atoms with Crippen molar-refractivity contribution in [2.75, 3.05) is 35.0 Å². The van der Waals surface area contributed by atoms with Gasteiger partial charge in [0.15, 0.2) is 0 Å². The lowest BCUT2D eigenvalue weighted by atomic mass is 9.97. The second-order valence-electron chi connectivity index (χ2n) is 10.7. The molecular formula is C25H30ClF3N4O3Si. The normalized spacial score (nSPS) is 20.3. The van der Waals surface area contributed by atoms with E-state index in [1.807, 2.05) is 0 Å². The summed E-state index contributed by atoms with van der Waals surface area (Å²) in [6.07, 6.45) is -4.65. The van der Waals surface area contributed by atoms with E-state index in [1.54, 1.807) is 18.2 Å². The van der Waals surface area contributed by atoms with Crippen molar-refractivity contribution in [3.63, 3.8) is 0 Å². The molecule has 0 unspecified atom stereocenters. The van der Waals surface area contributed by atoms with Crippen molar-refractivity contribution in [1.29, 1.82) is 0 Å². The molecule has 2 aliphatic heterocycles. The van der Waals surface area contributed by atoms with Crippen molar-refractivity contribution < 1.29 is 27.5 Å². The van der Waals surface area contributed by atoms with Crippen LogP contribution in [0.4, 0.5) is 30.4 Å². The molecule has 2 amide bonds. The average Bonchev–Trinajstić information content (AvgIpc) is 3.11. The monoisotopic (exact) mass is 554 g/mol. The number of nitrogens with one attached hydrogen (secondary N) is 1. The summed E-state index contributed by atoms with van der Waals surface area (Å²) in [6, 6.07) is 6.71. The fraction of sp³-hybridized carbons (Fsp3) is 0.480. The van der Waals surface area contributed by atoms with Gasteiger partial charge in [-0.25, -0.2) is 4.98 Å². The minimum absolute atomic E-state index is 0.0233. The number of pyridine rings is 1. The molecule has 0 spiro atoms. The Morgan fingerprint density at radius 3 is 2.62 bits per heavy atom. The fourth-order valence-corrected chi connectivity index (χ4v) is 5.59. The molecular weight excluding hydrogens is 525 g/mol. The first-order valence-corrected chi connectivity index (χ1v) is 16.1. The lowest BCUT2D eigenvalue weighted by molar-refractivity contribution is -0.137.